The summed E-state index contributed by atoms with van der Waals surface area (Å²) in [7, 11) is 0. The van der Waals surface area contributed by atoms with Crippen molar-refractivity contribution in [3.63, 3.8) is 0 Å². The third-order valence-corrected chi connectivity index (χ3v) is 3.98. The van der Waals surface area contributed by atoms with Crippen LogP contribution in [0.4, 0.5) is 14.5 Å². The van der Waals surface area contributed by atoms with Crippen LogP contribution in [0.2, 0.25) is 0 Å². The summed E-state index contributed by atoms with van der Waals surface area (Å²) in [5.41, 5.74) is -0.571. The molecule has 9 heteroatoms. The van der Waals surface area contributed by atoms with Crippen molar-refractivity contribution in [1.82, 2.24) is 5.32 Å². The number of aliphatic hydroxyl groups is 1. The lowest BCUT2D eigenvalue weighted by Crippen LogP contribution is -2.21. The summed E-state index contributed by atoms with van der Waals surface area (Å²) in [6.45, 7) is 3.62. The van der Waals surface area contributed by atoms with Crippen molar-refractivity contribution >= 4 is 39.8 Å². The number of rotatable bonds is 9. The van der Waals surface area contributed by atoms with E-state index in [1.807, 2.05) is 0 Å². The monoisotopic (exact) mass is 428 g/mol. The van der Waals surface area contributed by atoms with Gasteiger partial charge in [-0.3, -0.25) is 4.79 Å². The Morgan fingerprint density at radius 1 is 1.38 bits per heavy atom. The van der Waals surface area contributed by atoms with E-state index in [0.29, 0.717) is 12.8 Å². The highest BCUT2D eigenvalue weighted by molar-refractivity contribution is 9.11. The van der Waals surface area contributed by atoms with Crippen LogP contribution in [0, 0.1) is 16.6 Å². The van der Waals surface area contributed by atoms with E-state index in [9.17, 15) is 18.7 Å². The van der Waals surface area contributed by atoms with Crippen LogP contribution >= 0.6 is 15.9 Å². The fraction of sp³-hybridized carbons (Fsp3) is 0.235. The number of hydrogen-bond donors (Lipinski definition) is 5. The molecule has 0 amide bonds. The van der Waals surface area contributed by atoms with Crippen LogP contribution in [-0.2, 0) is 4.79 Å². The number of benzene rings is 1. The third kappa shape index (κ3) is 5.30. The van der Waals surface area contributed by atoms with E-state index >= 15 is 0 Å². The van der Waals surface area contributed by atoms with E-state index < -0.39 is 29.2 Å². The topological polar surface area (TPSA) is 109 Å². The van der Waals surface area contributed by atoms with Gasteiger partial charge in [-0.25, -0.2) is 8.78 Å². The second-order valence-corrected chi connectivity index (χ2v) is 5.92. The third-order valence-electron chi connectivity index (χ3n) is 3.27. The van der Waals surface area contributed by atoms with Crippen LogP contribution in [0.25, 0.3) is 0 Å². The summed E-state index contributed by atoms with van der Waals surface area (Å²) in [5.74, 6) is -2.67. The van der Waals surface area contributed by atoms with E-state index in [1.54, 1.807) is 6.92 Å². The molecule has 1 rings (SSSR count). The molecular formula is C17H19BrF2N4O2. The van der Waals surface area contributed by atoms with Crippen molar-refractivity contribution in [3.8, 4) is 0 Å². The number of carbonyl (C=O) groups excluding carboxylic acids is 1. The second kappa shape index (κ2) is 9.93. The highest BCUT2D eigenvalue weighted by Crippen LogP contribution is 2.27. The SMILES string of the molecule is CCN/C(Br)=C(\C=N)C(=O)/C(Nc1ccc(F)cc1C(C)O)=C(\F)C=N. The molecule has 0 saturated heterocycles. The zero-order valence-electron chi connectivity index (χ0n) is 14.2. The molecule has 0 fully saturated rings. The predicted octanol–water partition coefficient (Wildman–Crippen LogP) is 3.56. The van der Waals surface area contributed by atoms with Crippen molar-refractivity contribution < 1.29 is 18.7 Å². The lowest BCUT2D eigenvalue weighted by atomic mass is 10.1. The number of Topliss-reactive ketones (excluding diaryl/α,β-unsaturated/α-hetero) is 1. The normalized spacial score (nSPS) is 13.9. The average molecular weight is 429 g/mol. The Kier molecular flexibility index (Phi) is 8.27. The number of halogens is 3. The maximum atomic E-state index is 14.2. The summed E-state index contributed by atoms with van der Waals surface area (Å²) in [6, 6.07) is 3.38. The number of nitrogens with one attached hydrogen (secondary N) is 4. The van der Waals surface area contributed by atoms with E-state index in [4.69, 9.17) is 10.8 Å². The Labute approximate surface area is 158 Å². The molecule has 0 aliphatic rings. The van der Waals surface area contributed by atoms with Gasteiger partial charge in [0.05, 0.1) is 22.5 Å². The van der Waals surface area contributed by atoms with Gasteiger partial charge in [0.25, 0.3) is 0 Å². The van der Waals surface area contributed by atoms with Crippen molar-refractivity contribution in [2.24, 2.45) is 0 Å². The Bertz CT molecular complexity index is 776. The number of aliphatic hydroxyl groups excluding tert-OH is 1. The Hall–Kier alpha value is -2.39. The zero-order chi connectivity index (χ0) is 19.9. The number of hydrogen-bond acceptors (Lipinski definition) is 6. The molecule has 6 nitrogen and oxygen atoms in total. The van der Waals surface area contributed by atoms with E-state index in [0.717, 1.165) is 18.3 Å². The first-order chi connectivity index (χ1) is 12.3. The molecule has 0 heterocycles. The number of ketones is 1. The summed E-state index contributed by atoms with van der Waals surface area (Å²) < 4.78 is 27.8. The van der Waals surface area contributed by atoms with Crippen LogP contribution in [0.1, 0.15) is 25.5 Å². The molecule has 0 radical (unpaired) electrons. The maximum absolute atomic E-state index is 14.2. The molecule has 26 heavy (non-hydrogen) atoms. The molecule has 0 spiro atoms. The molecule has 0 aliphatic heterocycles. The number of carbonyl (C=O) groups is 1. The van der Waals surface area contributed by atoms with Gasteiger partial charge in [-0.05, 0) is 48.0 Å². The molecule has 5 N–H and O–H groups in total. The minimum atomic E-state index is -1.17. The summed E-state index contributed by atoms with van der Waals surface area (Å²) in [5, 5.41) is 29.6. The van der Waals surface area contributed by atoms with E-state index in [1.165, 1.54) is 13.0 Å². The van der Waals surface area contributed by atoms with E-state index in [-0.39, 0.29) is 21.4 Å². The van der Waals surface area contributed by atoms with Crippen molar-refractivity contribution in [2.75, 3.05) is 11.9 Å². The second-order valence-electron chi connectivity index (χ2n) is 5.13. The maximum Gasteiger partial charge on any atom is 0.216 e. The lowest BCUT2D eigenvalue weighted by molar-refractivity contribution is -0.111. The molecule has 1 aromatic carbocycles. The smallest absolute Gasteiger partial charge is 0.216 e. The van der Waals surface area contributed by atoms with Crippen LogP contribution < -0.4 is 10.6 Å². The molecule has 0 aromatic heterocycles. The van der Waals surface area contributed by atoms with Crippen LogP contribution in [0.5, 0.6) is 0 Å². The van der Waals surface area contributed by atoms with Crippen molar-refractivity contribution in [3.05, 3.63) is 51.3 Å². The van der Waals surface area contributed by atoms with Gasteiger partial charge in [0, 0.05) is 24.0 Å². The van der Waals surface area contributed by atoms with Gasteiger partial charge in [-0.1, -0.05) is 0 Å². The molecule has 0 aliphatic carbocycles. The van der Waals surface area contributed by atoms with Gasteiger partial charge < -0.3 is 26.6 Å². The molecule has 140 valence electrons. The largest absolute Gasteiger partial charge is 0.389 e. The van der Waals surface area contributed by atoms with Crippen LogP contribution in [0.15, 0.2) is 39.9 Å². The standard InChI is InChI=1S/C17H19BrF2N4O2/c1-3-23-17(18)12(7-21)16(26)15(13(20)8-22)24-14-5-4-10(19)6-11(14)9(2)25/h4-9,21-25H,3H2,1-2H3/b15-13+,17-12+,21-7?,22-8?. The van der Waals surface area contributed by atoms with Crippen LogP contribution in [-0.4, -0.2) is 29.9 Å². The summed E-state index contributed by atoms with van der Waals surface area (Å²) >= 11 is 3.11. The minimum Gasteiger partial charge on any atom is -0.389 e. The van der Waals surface area contributed by atoms with Gasteiger partial charge in [-0.15, -0.1) is 0 Å². The lowest BCUT2D eigenvalue weighted by Gasteiger charge is -2.17. The van der Waals surface area contributed by atoms with Gasteiger partial charge in [0.1, 0.15) is 11.5 Å². The van der Waals surface area contributed by atoms with Crippen molar-refractivity contribution in [1.29, 1.82) is 10.8 Å². The molecule has 0 saturated carbocycles. The van der Waals surface area contributed by atoms with Gasteiger partial charge in [-0.2, -0.15) is 0 Å². The quantitative estimate of drug-likeness (QED) is 0.235. The minimum absolute atomic E-state index is 0.102. The number of anilines is 1. The Balaban J connectivity index is 3.43. The van der Waals surface area contributed by atoms with Crippen molar-refractivity contribution in [2.45, 2.75) is 20.0 Å². The van der Waals surface area contributed by atoms with Gasteiger partial charge in [0.2, 0.25) is 5.78 Å². The molecule has 1 atom stereocenters. The highest BCUT2D eigenvalue weighted by Gasteiger charge is 2.22. The first-order valence-corrected chi connectivity index (χ1v) is 8.39. The molecule has 0 bridgehead atoms. The summed E-state index contributed by atoms with van der Waals surface area (Å²) in [4.78, 5) is 12.7. The van der Waals surface area contributed by atoms with E-state index in [2.05, 4.69) is 26.6 Å². The fourth-order valence-electron chi connectivity index (χ4n) is 2.04. The first-order valence-electron chi connectivity index (χ1n) is 7.60. The Morgan fingerprint density at radius 3 is 2.54 bits per heavy atom. The van der Waals surface area contributed by atoms with Gasteiger partial charge in [0.15, 0.2) is 5.83 Å². The first kappa shape index (κ1) is 21.7. The zero-order valence-corrected chi connectivity index (χ0v) is 15.7. The summed E-state index contributed by atoms with van der Waals surface area (Å²) in [6.07, 6.45) is 0.00165. The molecule has 1 unspecified atom stereocenters. The Morgan fingerprint density at radius 2 is 2.04 bits per heavy atom. The van der Waals surface area contributed by atoms with Crippen LogP contribution in [0.3, 0.4) is 0 Å². The fourth-order valence-corrected chi connectivity index (χ4v) is 2.61. The number of allylic oxidation sites excluding steroid dienone is 2. The van der Waals surface area contributed by atoms with Gasteiger partial charge >= 0.3 is 0 Å². The highest BCUT2D eigenvalue weighted by atomic mass is 79.9. The molecular weight excluding hydrogens is 410 g/mol. The predicted molar refractivity (Wildman–Crippen MR) is 101 cm³/mol. The molecule has 1 aromatic rings. The average Bonchev–Trinajstić information content (AvgIpc) is 2.60.